The lowest BCUT2D eigenvalue weighted by Gasteiger charge is -2.03. The van der Waals surface area contributed by atoms with Crippen molar-refractivity contribution in [3.63, 3.8) is 0 Å². The van der Waals surface area contributed by atoms with Crippen molar-refractivity contribution in [2.75, 3.05) is 5.75 Å². The molecule has 0 aliphatic rings. The van der Waals surface area contributed by atoms with Crippen LogP contribution < -0.4 is 5.43 Å². The second-order valence-electron chi connectivity index (χ2n) is 4.72. The lowest BCUT2D eigenvalue weighted by atomic mass is 10.1. The van der Waals surface area contributed by atoms with E-state index in [1.54, 1.807) is 11.8 Å². The summed E-state index contributed by atoms with van der Waals surface area (Å²) in [5.41, 5.74) is 5.51. The van der Waals surface area contributed by atoms with Crippen molar-refractivity contribution >= 4 is 35.0 Å². The maximum absolute atomic E-state index is 11.8. The zero-order chi connectivity index (χ0) is 15.8. The third-order valence-corrected chi connectivity index (χ3v) is 4.21. The Kier molecular flexibility index (Phi) is 6.49. The van der Waals surface area contributed by atoms with E-state index in [2.05, 4.69) is 10.5 Å². The molecule has 0 aliphatic heterocycles. The number of carbonyl (C=O) groups excluding carboxylic acids is 1. The first-order valence-electron chi connectivity index (χ1n) is 6.86. The first-order valence-corrected chi connectivity index (χ1v) is 8.39. The number of nitrogens with one attached hydrogen (secondary N) is 1. The van der Waals surface area contributed by atoms with E-state index in [-0.39, 0.29) is 5.91 Å². The molecule has 0 radical (unpaired) electrons. The van der Waals surface area contributed by atoms with Gasteiger partial charge in [0.1, 0.15) is 0 Å². The number of rotatable bonds is 6. The molecule has 0 spiro atoms. The lowest BCUT2D eigenvalue weighted by molar-refractivity contribution is -0.118. The van der Waals surface area contributed by atoms with Crippen molar-refractivity contribution < 1.29 is 4.79 Å². The van der Waals surface area contributed by atoms with E-state index in [9.17, 15) is 4.79 Å². The Morgan fingerprint density at radius 2 is 1.82 bits per heavy atom. The molecule has 1 amide bonds. The summed E-state index contributed by atoms with van der Waals surface area (Å²) in [7, 11) is 0. The quantitative estimate of drug-likeness (QED) is 0.638. The molecule has 0 atom stereocenters. The molecule has 22 heavy (non-hydrogen) atoms. The van der Waals surface area contributed by atoms with Gasteiger partial charge in [-0.3, -0.25) is 4.79 Å². The summed E-state index contributed by atoms with van der Waals surface area (Å²) in [6.07, 6.45) is 0. The highest BCUT2D eigenvalue weighted by molar-refractivity contribution is 7.99. The smallest absolute Gasteiger partial charge is 0.250 e. The van der Waals surface area contributed by atoms with Gasteiger partial charge in [-0.1, -0.05) is 54.1 Å². The molecule has 0 aliphatic carbocycles. The van der Waals surface area contributed by atoms with Gasteiger partial charge in [0, 0.05) is 10.8 Å². The van der Waals surface area contributed by atoms with E-state index in [1.807, 2.05) is 61.5 Å². The lowest BCUT2D eigenvalue weighted by Crippen LogP contribution is -2.21. The first-order chi connectivity index (χ1) is 10.6. The standard InChI is InChI=1S/C17H17ClN2OS/c1-13(15-5-3-2-4-6-15)19-20-17(21)12-22-11-14-7-9-16(18)10-8-14/h2-10H,11-12H2,1H3,(H,20,21)/b19-13-. The predicted octanol–water partition coefficient (Wildman–Crippen LogP) is 4.11. The minimum atomic E-state index is -0.103. The van der Waals surface area contributed by atoms with Gasteiger partial charge in [0.2, 0.25) is 5.91 Å². The van der Waals surface area contributed by atoms with Gasteiger partial charge < -0.3 is 0 Å². The molecule has 0 bridgehead atoms. The number of hydrogen-bond acceptors (Lipinski definition) is 3. The Morgan fingerprint density at radius 3 is 2.50 bits per heavy atom. The molecule has 3 nitrogen and oxygen atoms in total. The maximum atomic E-state index is 11.8. The fourth-order valence-corrected chi connectivity index (χ4v) is 2.67. The summed E-state index contributed by atoms with van der Waals surface area (Å²) in [5, 5.41) is 4.84. The average Bonchev–Trinajstić information content (AvgIpc) is 2.55. The van der Waals surface area contributed by atoms with Crippen LogP contribution in [0.15, 0.2) is 59.7 Å². The number of halogens is 1. The third-order valence-electron chi connectivity index (χ3n) is 2.96. The van der Waals surface area contributed by atoms with Crippen LogP contribution in [-0.4, -0.2) is 17.4 Å². The molecule has 5 heteroatoms. The van der Waals surface area contributed by atoms with E-state index in [0.717, 1.165) is 27.6 Å². The summed E-state index contributed by atoms with van der Waals surface area (Å²) in [4.78, 5) is 11.8. The highest BCUT2D eigenvalue weighted by atomic mass is 35.5. The molecule has 2 aromatic rings. The van der Waals surface area contributed by atoms with Crippen LogP contribution in [0.1, 0.15) is 18.1 Å². The van der Waals surface area contributed by atoms with E-state index in [1.165, 1.54) is 0 Å². The van der Waals surface area contributed by atoms with Crippen molar-refractivity contribution in [2.45, 2.75) is 12.7 Å². The van der Waals surface area contributed by atoms with Crippen molar-refractivity contribution in [3.05, 3.63) is 70.7 Å². The SMILES string of the molecule is C/C(=N/NC(=O)CSCc1ccc(Cl)cc1)c1ccccc1. The molecular formula is C17H17ClN2OS. The molecule has 0 saturated carbocycles. The monoisotopic (exact) mass is 332 g/mol. The van der Waals surface area contributed by atoms with E-state index < -0.39 is 0 Å². The summed E-state index contributed by atoms with van der Waals surface area (Å²) in [6, 6.07) is 17.4. The zero-order valence-corrected chi connectivity index (χ0v) is 13.8. The van der Waals surface area contributed by atoms with Crippen LogP contribution >= 0.6 is 23.4 Å². The molecule has 0 unspecified atom stereocenters. The minimum Gasteiger partial charge on any atom is -0.272 e. The number of benzene rings is 2. The molecule has 0 aromatic heterocycles. The van der Waals surface area contributed by atoms with Crippen LogP contribution in [0.2, 0.25) is 5.02 Å². The second kappa shape index (κ2) is 8.61. The maximum Gasteiger partial charge on any atom is 0.250 e. The van der Waals surface area contributed by atoms with E-state index in [4.69, 9.17) is 11.6 Å². The molecule has 2 aromatic carbocycles. The fourth-order valence-electron chi connectivity index (χ4n) is 1.76. The number of thioether (sulfide) groups is 1. The Hall–Kier alpha value is -1.78. The highest BCUT2D eigenvalue weighted by Crippen LogP contribution is 2.15. The molecule has 0 saturated heterocycles. The van der Waals surface area contributed by atoms with Gasteiger partial charge in [-0.2, -0.15) is 5.10 Å². The number of amides is 1. The molecule has 0 heterocycles. The minimum absolute atomic E-state index is 0.103. The summed E-state index contributed by atoms with van der Waals surface area (Å²) < 4.78 is 0. The predicted molar refractivity (Wildman–Crippen MR) is 94.4 cm³/mol. The topological polar surface area (TPSA) is 41.5 Å². The van der Waals surface area contributed by atoms with Gasteiger partial charge in [-0.25, -0.2) is 5.43 Å². The Labute approximate surface area is 139 Å². The zero-order valence-electron chi connectivity index (χ0n) is 12.3. The Balaban J connectivity index is 1.75. The summed E-state index contributed by atoms with van der Waals surface area (Å²) >= 11 is 7.38. The van der Waals surface area contributed by atoms with Crippen LogP contribution in [0.5, 0.6) is 0 Å². The van der Waals surface area contributed by atoms with Gasteiger partial charge >= 0.3 is 0 Å². The van der Waals surface area contributed by atoms with E-state index in [0.29, 0.717) is 5.75 Å². The Bertz CT molecular complexity index is 641. The highest BCUT2D eigenvalue weighted by Gasteiger charge is 2.02. The van der Waals surface area contributed by atoms with Crippen molar-refractivity contribution in [1.29, 1.82) is 0 Å². The summed E-state index contributed by atoms with van der Waals surface area (Å²) in [5.74, 6) is 1.04. The van der Waals surface area contributed by atoms with Crippen LogP contribution in [0, 0.1) is 0 Å². The van der Waals surface area contributed by atoms with Crippen LogP contribution in [0.4, 0.5) is 0 Å². The molecule has 114 valence electrons. The second-order valence-corrected chi connectivity index (χ2v) is 6.14. The van der Waals surface area contributed by atoms with Crippen LogP contribution in [-0.2, 0) is 10.5 Å². The van der Waals surface area contributed by atoms with Crippen molar-refractivity contribution in [2.24, 2.45) is 5.10 Å². The number of nitrogens with zero attached hydrogens (tertiary/aromatic N) is 1. The van der Waals surface area contributed by atoms with Crippen LogP contribution in [0.3, 0.4) is 0 Å². The van der Waals surface area contributed by atoms with Gasteiger partial charge in [0.05, 0.1) is 11.5 Å². The Morgan fingerprint density at radius 1 is 1.14 bits per heavy atom. The largest absolute Gasteiger partial charge is 0.272 e. The molecule has 2 rings (SSSR count). The van der Waals surface area contributed by atoms with Crippen LogP contribution in [0.25, 0.3) is 0 Å². The number of carbonyl (C=O) groups is 1. The van der Waals surface area contributed by atoms with Gasteiger partial charge in [-0.15, -0.1) is 11.8 Å². The molecule has 0 fully saturated rings. The number of hydrazone groups is 1. The normalized spacial score (nSPS) is 11.3. The first kappa shape index (κ1) is 16.6. The average molecular weight is 333 g/mol. The number of hydrogen-bond donors (Lipinski definition) is 1. The fraction of sp³-hybridized carbons (Fsp3) is 0.176. The van der Waals surface area contributed by atoms with Gasteiger partial charge in [0.15, 0.2) is 0 Å². The van der Waals surface area contributed by atoms with Gasteiger partial charge in [-0.05, 0) is 30.2 Å². The van der Waals surface area contributed by atoms with E-state index >= 15 is 0 Å². The molecule has 1 N–H and O–H groups in total. The van der Waals surface area contributed by atoms with Gasteiger partial charge in [0.25, 0.3) is 0 Å². The van der Waals surface area contributed by atoms with Crippen molar-refractivity contribution in [1.82, 2.24) is 5.43 Å². The van der Waals surface area contributed by atoms with Crippen molar-refractivity contribution in [3.8, 4) is 0 Å². The molecular weight excluding hydrogens is 316 g/mol. The summed E-state index contributed by atoms with van der Waals surface area (Å²) in [6.45, 7) is 1.87. The third kappa shape index (κ3) is 5.54.